The van der Waals surface area contributed by atoms with Crippen molar-refractivity contribution in [1.82, 2.24) is 9.88 Å². The number of rotatable bonds is 3. The summed E-state index contributed by atoms with van der Waals surface area (Å²) in [6.45, 7) is 8.80. The Hall–Kier alpha value is -1.32. The van der Waals surface area contributed by atoms with Crippen molar-refractivity contribution < 1.29 is 0 Å². The number of halogens is 1. The molecule has 2 aromatic rings. The standard InChI is InChI=1S/C17H22ClN3/c1-3-20-8-9-21(12-13(20)2)17-10-14(11-18)15-6-4-5-7-16(15)19-17/h4-7,10,13H,3,8-9,11-12H2,1-2H3. The molecule has 1 aliphatic rings. The van der Waals surface area contributed by atoms with Crippen molar-refractivity contribution in [3.63, 3.8) is 0 Å². The first kappa shape index (κ1) is 14.6. The van der Waals surface area contributed by atoms with E-state index in [1.165, 1.54) is 5.56 Å². The SMILES string of the molecule is CCN1CCN(c2cc(CCl)c3ccccc3n2)CC1C. The summed E-state index contributed by atoms with van der Waals surface area (Å²) < 4.78 is 0. The average molecular weight is 304 g/mol. The number of para-hydroxylation sites is 1. The average Bonchev–Trinajstić information content (AvgIpc) is 2.53. The van der Waals surface area contributed by atoms with Gasteiger partial charge < -0.3 is 4.90 Å². The number of hydrogen-bond acceptors (Lipinski definition) is 3. The number of aromatic nitrogens is 1. The van der Waals surface area contributed by atoms with Gasteiger partial charge in [0.25, 0.3) is 0 Å². The Morgan fingerprint density at radius 1 is 1.29 bits per heavy atom. The maximum Gasteiger partial charge on any atom is 0.129 e. The molecule has 0 bridgehead atoms. The van der Waals surface area contributed by atoms with Gasteiger partial charge in [0.2, 0.25) is 0 Å². The van der Waals surface area contributed by atoms with Crippen molar-refractivity contribution in [3.8, 4) is 0 Å². The predicted octanol–water partition coefficient (Wildman–Crippen LogP) is 3.50. The van der Waals surface area contributed by atoms with Crippen molar-refractivity contribution >= 4 is 28.3 Å². The molecule has 1 aromatic carbocycles. The first-order chi connectivity index (χ1) is 10.2. The van der Waals surface area contributed by atoms with E-state index in [1.807, 2.05) is 12.1 Å². The Morgan fingerprint density at radius 2 is 2.10 bits per heavy atom. The van der Waals surface area contributed by atoms with E-state index in [9.17, 15) is 0 Å². The fraction of sp³-hybridized carbons (Fsp3) is 0.471. The topological polar surface area (TPSA) is 19.4 Å². The van der Waals surface area contributed by atoms with Crippen molar-refractivity contribution in [2.45, 2.75) is 25.8 Å². The van der Waals surface area contributed by atoms with Gasteiger partial charge in [0.05, 0.1) is 5.52 Å². The van der Waals surface area contributed by atoms with Gasteiger partial charge in [-0.25, -0.2) is 4.98 Å². The van der Waals surface area contributed by atoms with Crippen LogP contribution in [0.15, 0.2) is 30.3 Å². The highest BCUT2D eigenvalue weighted by molar-refractivity contribution is 6.18. The molecule has 1 unspecified atom stereocenters. The van der Waals surface area contributed by atoms with Gasteiger partial charge in [-0.05, 0) is 31.2 Å². The van der Waals surface area contributed by atoms with Crippen LogP contribution in [0, 0.1) is 0 Å². The fourth-order valence-corrected chi connectivity index (χ4v) is 3.40. The fourth-order valence-electron chi connectivity index (χ4n) is 3.18. The van der Waals surface area contributed by atoms with Crippen LogP contribution in [-0.4, -0.2) is 42.1 Å². The Morgan fingerprint density at radius 3 is 2.81 bits per heavy atom. The molecule has 1 aromatic heterocycles. The van der Waals surface area contributed by atoms with E-state index in [-0.39, 0.29) is 0 Å². The lowest BCUT2D eigenvalue weighted by Gasteiger charge is -2.40. The molecule has 4 heteroatoms. The van der Waals surface area contributed by atoms with Gasteiger partial charge in [-0.1, -0.05) is 25.1 Å². The summed E-state index contributed by atoms with van der Waals surface area (Å²) >= 11 is 6.14. The lowest BCUT2D eigenvalue weighted by Crippen LogP contribution is -2.52. The lowest BCUT2D eigenvalue weighted by atomic mass is 10.1. The van der Waals surface area contributed by atoms with Crippen LogP contribution >= 0.6 is 11.6 Å². The van der Waals surface area contributed by atoms with E-state index in [4.69, 9.17) is 16.6 Å². The maximum absolute atomic E-state index is 6.14. The summed E-state index contributed by atoms with van der Waals surface area (Å²) in [5.74, 6) is 1.59. The molecule has 1 aliphatic heterocycles. The molecule has 0 saturated carbocycles. The number of pyridine rings is 1. The van der Waals surface area contributed by atoms with E-state index in [0.29, 0.717) is 11.9 Å². The molecule has 0 spiro atoms. The van der Waals surface area contributed by atoms with Crippen molar-refractivity contribution in [3.05, 3.63) is 35.9 Å². The zero-order valence-electron chi connectivity index (χ0n) is 12.7. The summed E-state index contributed by atoms with van der Waals surface area (Å²) in [5.41, 5.74) is 2.21. The second kappa shape index (κ2) is 6.20. The molecule has 0 N–H and O–H groups in total. The van der Waals surface area contributed by atoms with Crippen LogP contribution < -0.4 is 4.90 Å². The largest absolute Gasteiger partial charge is 0.354 e. The molecular weight excluding hydrogens is 282 g/mol. The van der Waals surface area contributed by atoms with Gasteiger partial charge in [0.15, 0.2) is 0 Å². The van der Waals surface area contributed by atoms with E-state index >= 15 is 0 Å². The minimum absolute atomic E-state index is 0.528. The minimum Gasteiger partial charge on any atom is -0.354 e. The minimum atomic E-state index is 0.528. The van der Waals surface area contributed by atoms with Crippen LogP contribution in [0.1, 0.15) is 19.4 Å². The summed E-state index contributed by atoms with van der Waals surface area (Å²) in [7, 11) is 0. The van der Waals surface area contributed by atoms with E-state index in [1.54, 1.807) is 0 Å². The Balaban J connectivity index is 1.94. The molecule has 0 amide bonds. The third-order valence-corrected chi connectivity index (χ3v) is 4.72. The third kappa shape index (κ3) is 2.85. The Labute approximate surface area is 131 Å². The van der Waals surface area contributed by atoms with Gasteiger partial charge in [-0.3, -0.25) is 4.90 Å². The van der Waals surface area contributed by atoms with Crippen molar-refractivity contribution in [2.75, 3.05) is 31.1 Å². The van der Waals surface area contributed by atoms with Gasteiger partial charge in [0.1, 0.15) is 5.82 Å². The Bertz CT molecular complexity index is 628. The molecule has 3 nitrogen and oxygen atoms in total. The lowest BCUT2D eigenvalue weighted by molar-refractivity contribution is 0.199. The summed E-state index contributed by atoms with van der Waals surface area (Å²) in [4.78, 5) is 9.74. The van der Waals surface area contributed by atoms with Gasteiger partial charge >= 0.3 is 0 Å². The van der Waals surface area contributed by atoms with Crippen molar-refractivity contribution in [2.24, 2.45) is 0 Å². The highest BCUT2D eigenvalue weighted by Crippen LogP contribution is 2.25. The number of nitrogens with zero attached hydrogens (tertiary/aromatic N) is 3. The highest BCUT2D eigenvalue weighted by Gasteiger charge is 2.23. The number of benzene rings is 1. The van der Waals surface area contributed by atoms with E-state index in [2.05, 4.69) is 41.8 Å². The normalized spacial score (nSPS) is 20.1. The summed E-state index contributed by atoms with van der Waals surface area (Å²) in [6.07, 6.45) is 0. The van der Waals surface area contributed by atoms with Crippen LogP contribution in [0.4, 0.5) is 5.82 Å². The zero-order valence-corrected chi connectivity index (χ0v) is 13.5. The monoisotopic (exact) mass is 303 g/mol. The van der Waals surface area contributed by atoms with Gasteiger partial charge in [-0.15, -0.1) is 11.6 Å². The van der Waals surface area contributed by atoms with E-state index < -0.39 is 0 Å². The van der Waals surface area contributed by atoms with Crippen LogP contribution in [-0.2, 0) is 5.88 Å². The molecule has 1 atom stereocenters. The quantitative estimate of drug-likeness (QED) is 0.809. The Kier molecular flexibility index (Phi) is 4.32. The van der Waals surface area contributed by atoms with Crippen LogP contribution in [0.25, 0.3) is 10.9 Å². The number of fused-ring (bicyclic) bond motifs is 1. The van der Waals surface area contributed by atoms with Crippen LogP contribution in [0.3, 0.4) is 0 Å². The number of hydrogen-bond donors (Lipinski definition) is 0. The first-order valence-electron chi connectivity index (χ1n) is 7.66. The summed E-state index contributed by atoms with van der Waals surface area (Å²) in [6, 6.07) is 11.0. The van der Waals surface area contributed by atoms with E-state index in [0.717, 1.165) is 42.9 Å². The molecule has 0 radical (unpaired) electrons. The smallest absolute Gasteiger partial charge is 0.129 e. The predicted molar refractivity (Wildman–Crippen MR) is 90.2 cm³/mol. The second-order valence-electron chi connectivity index (χ2n) is 5.71. The zero-order chi connectivity index (χ0) is 14.8. The molecule has 112 valence electrons. The number of piperazine rings is 1. The number of likely N-dealkylation sites (N-methyl/N-ethyl adjacent to an activating group) is 1. The summed E-state index contributed by atoms with van der Waals surface area (Å²) in [5, 5.41) is 1.16. The molecule has 1 saturated heterocycles. The number of alkyl halides is 1. The molecule has 0 aliphatic carbocycles. The van der Waals surface area contributed by atoms with Crippen LogP contribution in [0.5, 0.6) is 0 Å². The molecule has 2 heterocycles. The highest BCUT2D eigenvalue weighted by atomic mass is 35.5. The van der Waals surface area contributed by atoms with Crippen LogP contribution in [0.2, 0.25) is 0 Å². The van der Waals surface area contributed by atoms with Gasteiger partial charge in [0, 0.05) is 36.9 Å². The van der Waals surface area contributed by atoms with Crippen molar-refractivity contribution in [1.29, 1.82) is 0 Å². The molecule has 21 heavy (non-hydrogen) atoms. The molecule has 1 fully saturated rings. The van der Waals surface area contributed by atoms with Gasteiger partial charge in [-0.2, -0.15) is 0 Å². The third-order valence-electron chi connectivity index (χ3n) is 4.43. The molecule has 3 rings (SSSR count). The number of anilines is 1. The second-order valence-corrected chi connectivity index (χ2v) is 5.98. The first-order valence-corrected chi connectivity index (χ1v) is 8.20. The maximum atomic E-state index is 6.14. The molecular formula is C17H22ClN3.